The fraction of sp³-hybridized carbons (Fsp3) is 0.208. The number of hydrogen-bond donors (Lipinski definition) is 1. The third kappa shape index (κ3) is 5.45. The van der Waals surface area contributed by atoms with Crippen LogP contribution >= 0.6 is 11.8 Å². The van der Waals surface area contributed by atoms with Gasteiger partial charge in [0, 0.05) is 17.2 Å². The predicted molar refractivity (Wildman–Crippen MR) is 123 cm³/mol. The molecule has 10 heteroatoms. The lowest BCUT2D eigenvalue weighted by atomic mass is 10.1. The molecule has 34 heavy (non-hydrogen) atoms. The van der Waals surface area contributed by atoms with Crippen LogP contribution in [0.4, 0.5) is 8.78 Å². The molecule has 0 spiro atoms. The van der Waals surface area contributed by atoms with Crippen molar-refractivity contribution in [2.45, 2.75) is 24.7 Å². The SMILES string of the molecule is COc1cccc(-c2nnc(SCC(=O)N[C@H](C)c3ccc(F)cc3F)n2Cc2ccco2)c1. The number of methoxy groups -OCH3 is 1. The van der Waals surface area contributed by atoms with Crippen LogP contribution in [0, 0.1) is 11.6 Å². The van der Waals surface area contributed by atoms with E-state index in [1.807, 2.05) is 34.9 Å². The van der Waals surface area contributed by atoms with Gasteiger partial charge in [-0.25, -0.2) is 8.78 Å². The van der Waals surface area contributed by atoms with E-state index in [1.165, 1.54) is 17.8 Å². The lowest BCUT2D eigenvalue weighted by Gasteiger charge is -2.15. The van der Waals surface area contributed by atoms with E-state index in [-0.39, 0.29) is 17.2 Å². The molecule has 0 saturated carbocycles. The van der Waals surface area contributed by atoms with Crippen LogP contribution in [0.15, 0.2) is 70.4 Å². The molecule has 4 aromatic rings. The summed E-state index contributed by atoms with van der Waals surface area (Å²) in [7, 11) is 1.59. The van der Waals surface area contributed by atoms with E-state index in [0.717, 1.165) is 17.7 Å². The van der Waals surface area contributed by atoms with E-state index in [4.69, 9.17) is 9.15 Å². The molecular formula is C24H22F2N4O3S. The number of nitrogens with zero attached hydrogens (tertiary/aromatic N) is 3. The van der Waals surface area contributed by atoms with Gasteiger partial charge in [-0.1, -0.05) is 30.0 Å². The Kier molecular flexibility index (Phi) is 7.27. The maximum atomic E-state index is 14.0. The molecule has 0 saturated heterocycles. The Hall–Kier alpha value is -3.66. The summed E-state index contributed by atoms with van der Waals surface area (Å²) in [5.74, 6) is 0.314. The van der Waals surface area contributed by atoms with Crippen molar-refractivity contribution < 1.29 is 22.7 Å². The molecule has 1 amide bonds. The molecule has 0 radical (unpaired) electrons. The van der Waals surface area contributed by atoms with E-state index in [0.29, 0.717) is 29.0 Å². The molecular weight excluding hydrogens is 462 g/mol. The summed E-state index contributed by atoms with van der Waals surface area (Å²) in [6, 6.07) is 13.7. The number of ether oxygens (including phenoxy) is 1. The standard InChI is InChI=1S/C24H22F2N4O3S/c1-15(20-9-8-17(25)12-21(20)26)27-22(31)14-34-24-29-28-23(16-5-3-6-18(11-16)32-2)30(24)13-19-7-4-10-33-19/h3-12,15H,13-14H2,1-2H3,(H,27,31)/t15-/m1/s1. The first kappa shape index (κ1) is 23.5. The molecule has 1 N–H and O–H groups in total. The summed E-state index contributed by atoms with van der Waals surface area (Å²) < 4.78 is 39.8. The normalized spacial score (nSPS) is 11.9. The zero-order valence-corrected chi connectivity index (χ0v) is 19.3. The monoisotopic (exact) mass is 484 g/mol. The summed E-state index contributed by atoms with van der Waals surface area (Å²) >= 11 is 1.20. The van der Waals surface area contributed by atoms with Crippen molar-refractivity contribution in [3.8, 4) is 17.1 Å². The second-order valence-electron chi connectivity index (χ2n) is 7.45. The van der Waals surface area contributed by atoms with E-state index in [1.54, 1.807) is 26.4 Å². The number of nitrogens with one attached hydrogen (secondary N) is 1. The van der Waals surface area contributed by atoms with Gasteiger partial charge in [0.1, 0.15) is 23.1 Å². The van der Waals surface area contributed by atoms with Gasteiger partial charge in [-0.3, -0.25) is 9.36 Å². The van der Waals surface area contributed by atoms with Crippen molar-refractivity contribution in [3.05, 3.63) is 83.8 Å². The predicted octanol–water partition coefficient (Wildman–Crippen LogP) is 4.84. The van der Waals surface area contributed by atoms with Gasteiger partial charge in [-0.15, -0.1) is 10.2 Å². The Morgan fingerprint density at radius 2 is 2.03 bits per heavy atom. The molecule has 0 aliphatic heterocycles. The highest BCUT2D eigenvalue weighted by Crippen LogP contribution is 2.28. The van der Waals surface area contributed by atoms with Gasteiger partial charge in [0.05, 0.1) is 31.7 Å². The van der Waals surface area contributed by atoms with Gasteiger partial charge in [0.15, 0.2) is 11.0 Å². The zero-order valence-electron chi connectivity index (χ0n) is 18.5. The summed E-state index contributed by atoms with van der Waals surface area (Å²) in [4.78, 5) is 12.5. The van der Waals surface area contributed by atoms with Crippen LogP contribution < -0.4 is 10.1 Å². The van der Waals surface area contributed by atoms with Crippen LogP contribution in [-0.2, 0) is 11.3 Å². The second-order valence-corrected chi connectivity index (χ2v) is 8.39. The number of benzene rings is 2. The third-order valence-electron chi connectivity index (χ3n) is 5.08. The van der Waals surface area contributed by atoms with Crippen LogP contribution in [0.3, 0.4) is 0 Å². The van der Waals surface area contributed by atoms with Crippen LogP contribution in [-0.4, -0.2) is 33.5 Å². The number of carbonyl (C=O) groups is 1. The Morgan fingerprint density at radius 1 is 1.18 bits per heavy atom. The topological polar surface area (TPSA) is 82.2 Å². The van der Waals surface area contributed by atoms with Crippen molar-refractivity contribution in [3.63, 3.8) is 0 Å². The summed E-state index contributed by atoms with van der Waals surface area (Å²) in [5, 5.41) is 11.8. The number of rotatable bonds is 9. The first-order chi connectivity index (χ1) is 16.4. The quantitative estimate of drug-likeness (QED) is 0.342. The lowest BCUT2D eigenvalue weighted by Crippen LogP contribution is -2.28. The van der Waals surface area contributed by atoms with Crippen LogP contribution in [0.25, 0.3) is 11.4 Å². The Morgan fingerprint density at radius 3 is 2.76 bits per heavy atom. The largest absolute Gasteiger partial charge is 0.497 e. The van der Waals surface area contributed by atoms with Gasteiger partial charge < -0.3 is 14.5 Å². The first-order valence-corrected chi connectivity index (χ1v) is 11.4. The highest BCUT2D eigenvalue weighted by atomic mass is 32.2. The molecule has 1 atom stereocenters. The van der Waals surface area contributed by atoms with Crippen LogP contribution in [0.1, 0.15) is 24.3 Å². The summed E-state index contributed by atoms with van der Waals surface area (Å²) in [6.45, 7) is 2.01. The second kappa shape index (κ2) is 10.5. The van der Waals surface area contributed by atoms with Crippen molar-refractivity contribution >= 4 is 17.7 Å². The fourth-order valence-corrected chi connectivity index (χ4v) is 4.16. The molecule has 4 rings (SSSR count). The maximum Gasteiger partial charge on any atom is 0.230 e. The molecule has 2 aromatic carbocycles. The van der Waals surface area contributed by atoms with E-state index < -0.39 is 17.7 Å². The van der Waals surface area contributed by atoms with Gasteiger partial charge in [0.25, 0.3) is 0 Å². The molecule has 176 valence electrons. The number of thioether (sulfide) groups is 1. The number of aromatic nitrogens is 3. The highest BCUT2D eigenvalue weighted by molar-refractivity contribution is 7.99. The maximum absolute atomic E-state index is 14.0. The molecule has 2 aromatic heterocycles. The number of carbonyl (C=O) groups excluding carboxylic acids is 1. The van der Waals surface area contributed by atoms with Crippen molar-refractivity contribution in [1.29, 1.82) is 0 Å². The zero-order chi connectivity index (χ0) is 24.1. The number of halogens is 2. The molecule has 0 unspecified atom stereocenters. The van der Waals surface area contributed by atoms with Gasteiger partial charge in [-0.2, -0.15) is 0 Å². The van der Waals surface area contributed by atoms with Crippen molar-refractivity contribution in [2.75, 3.05) is 12.9 Å². The Balaban J connectivity index is 1.50. The minimum atomic E-state index is -0.707. The molecule has 7 nitrogen and oxygen atoms in total. The minimum Gasteiger partial charge on any atom is -0.497 e. The first-order valence-electron chi connectivity index (χ1n) is 10.4. The number of furan rings is 1. The summed E-state index contributed by atoms with van der Waals surface area (Å²) in [6.07, 6.45) is 1.58. The highest BCUT2D eigenvalue weighted by Gasteiger charge is 2.19. The lowest BCUT2D eigenvalue weighted by molar-refractivity contribution is -0.119. The van der Waals surface area contributed by atoms with Crippen LogP contribution in [0.5, 0.6) is 5.75 Å². The van der Waals surface area contributed by atoms with Gasteiger partial charge in [-0.05, 0) is 37.3 Å². The van der Waals surface area contributed by atoms with E-state index >= 15 is 0 Å². The Bertz CT molecular complexity index is 1280. The van der Waals surface area contributed by atoms with Gasteiger partial charge >= 0.3 is 0 Å². The van der Waals surface area contributed by atoms with E-state index in [9.17, 15) is 13.6 Å². The van der Waals surface area contributed by atoms with Crippen molar-refractivity contribution in [2.24, 2.45) is 0 Å². The average molecular weight is 485 g/mol. The number of hydrogen-bond acceptors (Lipinski definition) is 6. The van der Waals surface area contributed by atoms with Crippen LogP contribution in [0.2, 0.25) is 0 Å². The average Bonchev–Trinajstić information content (AvgIpc) is 3.48. The number of amides is 1. The van der Waals surface area contributed by atoms with E-state index in [2.05, 4.69) is 15.5 Å². The summed E-state index contributed by atoms with van der Waals surface area (Å²) in [5.41, 5.74) is 1.01. The van der Waals surface area contributed by atoms with Crippen molar-refractivity contribution in [1.82, 2.24) is 20.1 Å². The molecule has 0 fully saturated rings. The fourth-order valence-electron chi connectivity index (χ4n) is 3.42. The molecule has 0 aliphatic carbocycles. The van der Waals surface area contributed by atoms with Gasteiger partial charge in [0.2, 0.25) is 5.91 Å². The minimum absolute atomic E-state index is 0.0293. The molecule has 2 heterocycles. The molecule has 0 bridgehead atoms. The third-order valence-corrected chi connectivity index (χ3v) is 6.04. The molecule has 0 aliphatic rings. The Labute approximate surface area is 199 Å². The smallest absolute Gasteiger partial charge is 0.230 e.